The number of rotatable bonds is 1. The summed E-state index contributed by atoms with van der Waals surface area (Å²) in [5.74, 6) is 0. The molecule has 0 atom stereocenters. The van der Waals surface area contributed by atoms with Crippen molar-refractivity contribution >= 4 is 0 Å². The van der Waals surface area contributed by atoms with Gasteiger partial charge in [-0.15, -0.1) is 0 Å². The molecule has 0 radical (unpaired) electrons. The molecule has 2 heteroatoms. The van der Waals surface area contributed by atoms with Crippen LogP contribution in [0, 0.1) is 0 Å². The number of nitrogens with one attached hydrogen (secondary N) is 1. The monoisotopic (exact) mass is 122 g/mol. The smallest absolute Gasteiger partial charge is 0.0178 e. The Morgan fingerprint density at radius 3 is 3.11 bits per heavy atom. The van der Waals surface area contributed by atoms with Gasteiger partial charge >= 0.3 is 0 Å². The Balaban J connectivity index is 2.67. The topological polar surface area (TPSA) is 38.0 Å². The third-order valence-corrected chi connectivity index (χ3v) is 1.13. The lowest BCUT2D eigenvalue weighted by Crippen LogP contribution is -2.00. The zero-order valence-electron chi connectivity index (χ0n) is 5.17. The van der Waals surface area contributed by atoms with Crippen molar-refractivity contribution in [2.24, 2.45) is 5.73 Å². The fraction of sp³-hybridized carbons (Fsp3) is 0.143. The molecule has 1 rings (SSSR count). The quantitative estimate of drug-likeness (QED) is 0.531. The van der Waals surface area contributed by atoms with Crippen LogP contribution in [-0.2, 0) is 0 Å². The highest BCUT2D eigenvalue weighted by molar-refractivity contribution is 5.26. The van der Waals surface area contributed by atoms with Crippen molar-refractivity contribution in [3.63, 3.8) is 0 Å². The minimum Gasteiger partial charge on any atom is -0.368 e. The van der Waals surface area contributed by atoms with Crippen LogP contribution >= 0.6 is 0 Å². The highest BCUT2D eigenvalue weighted by Gasteiger charge is 1.85. The van der Waals surface area contributed by atoms with Crippen molar-refractivity contribution in [1.82, 2.24) is 5.32 Å². The van der Waals surface area contributed by atoms with Crippen LogP contribution in [0.25, 0.3) is 0 Å². The van der Waals surface area contributed by atoms with Gasteiger partial charge in [-0.1, -0.05) is 6.08 Å². The Bertz CT molecular complexity index is 166. The number of hydrogen-bond donors (Lipinski definition) is 2. The molecule has 0 fully saturated rings. The van der Waals surface area contributed by atoms with Crippen molar-refractivity contribution in [1.29, 1.82) is 0 Å². The first kappa shape index (κ1) is 6.11. The van der Waals surface area contributed by atoms with E-state index in [4.69, 9.17) is 5.73 Å². The fourth-order valence-corrected chi connectivity index (χ4v) is 0.630. The molecule has 0 aliphatic carbocycles. The molecule has 0 aromatic heterocycles. The molecular weight excluding hydrogens is 112 g/mol. The van der Waals surface area contributed by atoms with Gasteiger partial charge in [0.2, 0.25) is 0 Å². The summed E-state index contributed by atoms with van der Waals surface area (Å²) in [6.07, 6.45) is 9.60. The van der Waals surface area contributed by atoms with Crippen LogP contribution in [0.2, 0.25) is 0 Å². The second-order valence-corrected chi connectivity index (χ2v) is 1.80. The van der Waals surface area contributed by atoms with Crippen molar-refractivity contribution in [3.8, 4) is 0 Å². The molecule has 0 amide bonds. The lowest BCUT2D eigenvalue weighted by molar-refractivity contribution is 1.17. The van der Waals surface area contributed by atoms with Crippen molar-refractivity contribution in [3.05, 3.63) is 36.2 Å². The summed E-state index contributed by atoms with van der Waals surface area (Å²) >= 11 is 0. The summed E-state index contributed by atoms with van der Waals surface area (Å²) in [6.45, 7) is 0.600. The maximum Gasteiger partial charge on any atom is 0.0178 e. The van der Waals surface area contributed by atoms with Gasteiger partial charge in [-0.05, 0) is 17.7 Å². The SMILES string of the molecule is NCC1=CC=CNC=C1. The summed E-state index contributed by atoms with van der Waals surface area (Å²) < 4.78 is 0. The average Bonchev–Trinajstić information content (AvgIpc) is 2.13. The van der Waals surface area contributed by atoms with Crippen LogP contribution in [0.5, 0.6) is 0 Å². The second kappa shape index (κ2) is 3.10. The predicted octanol–water partition coefficient (Wildman–Crippen LogP) is 0.502. The molecular formula is C7H10N2. The second-order valence-electron chi connectivity index (χ2n) is 1.80. The lowest BCUT2D eigenvalue weighted by Gasteiger charge is -1.89. The van der Waals surface area contributed by atoms with Gasteiger partial charge in [-0.3, -0.25) is 0 Å². The lowest BCUT2D eigenvalue weighted by atomic mass is 10.2. The van der Waals surface area contributed by atoms with E-state index in [1.54, 1.807) is 0 Å². The molecule has 9 heavy (non-hydrogen) atoms. The van der Waals surface area contributed by atoms with Gasteiger partial charge in [0.05, 0.1) is 0 Å². The van der Waals surface area contributed by atoms with Crippen molar-refractivity contribution in [2.75, 3.05) is 6.54 Å². The summed E-state index contributed by atoms with van der Waals surface area (Å²) in [5.41, 5.74) is 6.53. The molecule has 0 bridgehead atoms. The Labute approximate surface area is 54.7 Å². The Morgan fingerprint density at radius 1 is 1.44 bits per heavy atom. The fourth-order valence-electron chi connectivity index (χ4n) is 0.630. The van der Waals surface area contributed by atoms with Crippen LogP contribution < -0.4 is 11.1 Å². The maximum atomic E-state index is 5.39. The zero-order valence-corrected chi connectivity index (χ0v) is 5.17. The van der Waals surface area contributed by atoms with Gasteiger partial charge in [0, 0.05) is 18.9 Å². The van der Waals surface area contributed by atoms with E-state index in [1.807, 2.05) is 30.6 Å². The van der Waals surface area contributed by atoms with Crippen molar-refractivity contribution in [2.45, 2.75) is 0 Å². The van der Waals surface area contributed by atoms with E-state index < -0.39 is 0 Å². The first-order chi connectivity index (χ1) is 4.43. The van der Waals surface area contributed by atoms with Gasteiger partial charge in [0.25, 0.3) is 0 Å². The average molecular weight is 122 g/mol. The molecule has 0 saturated heterocycles. The molecule has 1 heterocycles. The Morgan fingerprint density at radius 2 is 2.33 bits per heavy atom. The Hall–Kier alpha value is -1.02. The van der Waals surface area contributed by atoms with Crippen LogP contribution in [0.15, 0.2) is 36.2 Å². The minimum atomic E-state index is 0.600. The Kier molecular flexibility index (Phi) is 2.10. The number of nitrogens with two attached hydrogens (primary N) is 1. The number of allylic oxidation sites excluding steroid dienone is 2. The molecule has 48 valence electrons. The van der Waals surface area contributed by atoms with E-state index in [0.717, 1.165) is 5.57 Å². The molecule has 1 aliphatic rings. The molecule has 0 aromatic carbocycles. The molecule has 2 nitrogen and oxygen atoms in total. The molecule has 3 N–H and O–H groups in total. The van der Waals surface area contributed by atoms with Gasteiger partial charge in [-0.25, -0.2) is 0 Å². The van der Waals surface area contributed by atoms with Gasteiger partial charge in [0.15, 0.2) is 0 Å². The first-order valence-corrected chi connectivity index (χ1v) is 2.92. The molecule has 0 unspecified atom stereocenters. The summed E-state index contributed by atoms with van der Waals surface area (Å²) in [5, 5.41) is 2.94. The normalized spacial score (nSPS) is 16.3. The van der Waals surface area contributed by atoms with Gasteiger partial charge < -0.3 is 11.1 Å². The van der Waals surface area contributed by atoms with E-state index >= 15 is 0 Å². The van der Waals surface area contributed by atoms with E-state index in [9.17, 15) is 0 Å². The maximum absolute atomic E-state index is 5.39. The third kappa shape index (κ3) is 1.74. The van der Waals surface area contributed by atoms with Gasteiger partial charge in [-0.2, -0.15) is 0 Å². The third-order valence-electron chi connectivity index (χ3n) is 1.13. The molecule has 1 aliphatic heterocycles. The summed E-state index contributed by atoms with van der Waals surface area (Å²) in [4.78, 5) is 0. The predicted molar refractivity (Wildman–Crippen MR) is 38.6 cm³/mol. The first-order valence-electron chi connectivity index (χ1n) is 2.92. The number of hydrogen-bond acceptors (Lipinski definition) is 2. The molecule has 0 spiro atoms. The van der Waals surface area contributed by atoms with E-state index in [0.29, 0.717) is 6.54 Å². The van der Waals surface area contributed by atoms with Crippen LogP contribution in [-0.4, -0.2) is 6.54 Å². The van der Waals surface area contributed by atoms with E-state index in [1.165, 1.54) is 0 Å². The standard InChI is InChI=1S/C7H10N2/c8-6-7-2-1-4-9-5-3-7/h1-5,9H,6,8H2. The molecule has 0 aromatic rings. The van der Waals surface area contributed by atoms with Crippen molar-refractivity contribution < 1.29 is 0 Å². The van der Waals surface area contributed by atoms with Crippen LogP contribution in [0.1, 0.15) is 0 Å². The van der Waals surface area contributed by atoms with Crippen LogP contribution in [0.4, 0.5) is 0 Å². The van der Waals surface area contributed by atoms with Gasteiger partial charge in [0.1, 0.15) is 0 Å². The molecule has 0 saturated carbocycles. The zero-order chi connectivity index (χ0) is 6.53. The largest absolute Gasteiger partial charge is 0.368 e. The summed E-state index contributed by atoms with van der Waals surface area (Å²) in [6, 6.07) is 0. The minimum absolute atomic E-state index is 0.600. The van der Waals surface area contributed by atoms with Crippen LogP contribution in [0.3, 0.4) is 0 Å². The highest BCUT2D eigenvalue weighted by Crippen LogP contribution is 1.95. The summed E-state index contributed by atoms with van der Waals surface area (Å²) in [7, 11) is 0. The van der Waals surface area contributed by atoms with E-state index in [2.05, 4.69) is 5.32 Å². The van der Waals surface area contributed by atoms with E-state index in [-0.39, 0.29) is 0 Å². The highest BCUT2D eigenvalue weighted by atomic mass is 14.8.